The molecule has 0 fully saturated rings. The number of aliphatic hydroxyl groups excluding tert-OH is 2. The third kappa shape index (κ3) is 19.9. The molecular formula is C24H46O3. The van der Waals surface area contributed by atoms with Crippen LogP contribution in [-0.2, 0) is 4.74 Å². The topological polar surface area (TPSA) is 49.7 Å². The smallest absolute Gasteiger partial charge is 0.100 e. The molecule has 0 saturated carbocycles. The van der Waals surface area contributed by atoms with Crippen LogP contribution in [0.5, 0.6) is 0 Å². The van der Waals surface area contributed by atoms with E-state index < -0.39 is 6.10 Å². The average Bonchev–Trinajstić information content (AvgIpc) is 2.68. The van der Waals surface area contributed by atoms with Crippen LogP contribution < -0.4 is 0 Å². The van der Waals surface area contributed by atoms with Crippen LogP contribution in [0.25, 0.3) is 0 Å². The van der Waals surface area contributed by atoms with Crippen molar-refractivity contribution in [2.24, 2.45) is 0 Å². The average molecular weight is 383 g/mol. The molecule has 0 rings (SSSR count). The van der Waals surface area contributed by atoms with Gasteiger partial charge in [-0.2, -0.15) is 0 Å². The molecule has 0 aliphatic heterocycles. The van der Waals surface area contributed by atoms with Gasteiger partial charge in [0, 0.05) is 0 Å². The van der Waals surface area contributed by atoms with Crippen molar-refractivity contribution in [1.82, 2.24) is 0 Å². The summed E-state index contributed by atoms with van der Waals surface area (Å²) >= 11 is 0. The normalized spacial score (nSPS) is 14.4. The summed E-state index contributed by atoms with van der Waals surface area (Å²) in [7, 11) is 0. The van der Waals surface area contributed by atoms with Gasteiger partial charge in [0.05, 0.1) is 19.3 Å². The molecule has 0 aliphatic rings. The molecule has 0 saturated heterocycles. The monoisotopic (exact) mass is 382 g/mol. The van der Waals surface area contributed by atoms with Gasteiger partial charge in [0.15, 0.2) is 0 Å². The van der Waals surface area contributed by atoms with Crippen molar-refractivity contribution in [1.29, 1.82) is 0 Å². The number of hydrogen-bond acceptors (Lipinski definition) is 3. The number of allylic oxidation sites excluding steroid dienone is 4. The van der Waals surface area contributed by atoms with Gasteiger partial charge in [-0.05, 0) is 51.4 Å². The molecule has 0 bridgehead atoms. The summed E-state index contributed by atoms with van der Waals surface area (Å²) < 4.78 is 5.71. The predicted molar refractivity (Wildman–Crippen MR) is 117 cm³/mol. The summed E-state index contributed by atoms with van der Waals surface area (Å²) in [6.45, 7) is 4.39. The van der Waals surface area contributed by atoms with E-state index in [1.54, 1.807) is 0 Å². The first-order valence-electron chi connectivity index (χ1n) is 11.4. The van der Waals surface area contributed by atoms with E-state index in [0.717, 1.165) is 25.7 Å². The Morgan fingerprint density at radius 2 is 1.26 bits per heavy atom. The van der Waals surface area contributed by atoms with Crippen molar-refractivity contribution < 1.29 is 14.9 Å². The minimum Gasteiger partial charge on any atom is -0.394 e. The highest BCUT2D eigenvalue weighted by atomic mass is 16.5. The second-order valence-electron chi connectivity index (χ2n) is 7.59. The highest BCUT2D eigenvalue weighted by molar-refractivity contribution is 4.83. The molecule has 3 heteroatoms. The minimum atomic E-state index is -0.752. The maximum Gasteiger partial charge on any atom is 0.100 e. The van der Waals surface area contributed by atoms with Crippen molar-refractivity contribution in [3.8, 4) is 0 Å². The van der Waals surface area contributed by atoms with Crippen LogP contribution in [0.4, 0.5) is 0 Å². The van der Waals surface area contributed by atoms with E-state index in [4.69, 9.17) is 9.84 Å². The minimum absolute atomic E-state index is 0.192. The van der Waals surface area contributed by atoms with Gasteiger partial charge in [0.25, 0.3) is 0 Å². The van der Waals surface area contributed by atoms with Crippen molar-refractivity contribution >= 4 is 0 Å². The lowest BCUT2D eigenvalue weighted by molar-refractivity contribution is -0.0334. The largest absolute Gasteiger partial charge is 0.394 e. The molecule has 0 aliphatic carbocycles. The molecule has 0 radical (unpaired) electrons. The van der Waals surface area contributed by atoms with Crippen LogP contribution in [-0.4, -0.2) is 35.6 Å². The molecular weight excluding hydrogens is 336 g/mol. The second kappa shape index (κ2) is 21.7. The quantitative estimate of drug-likeness (QED) is 0.191. The fourth-order valence-corrected chi connectivity index (χ4v) is 3.08. The molecule has 0 aromatic rings. The van der Waals surface area contributed by atoms with Crippen molar-refractivity contribution in [3.05, 3.63) is 24.3 Å². The van der Waals surface area contributed by atoms with E-state index in [1.165, 1.54) is 64.2 Å². The Morgan fingerprint density at radius 3 is 1.81 bits per heavy atom. The zero-order chi connectivity index (χ0) is 20.0. The van der Waals surface area contributed by atoms with Crippen LogP contribution in [0.3, 0.4) is 0 Å². The molecule has 0 aromatic heterocycles. The van der Waals surface area contributed by atoms with Crippen molar-refractivity contribution in [2.45, 2.75) is 116 Å². The van der Waals surface area contributed by atoms with Crippen LogP contribution >= 0.6 is 0 Å². The van der Waals surface area contributed by atoms with Gasteiger partial charge in [-0.3, -0.25) is 0 Å². The number of unbranched alkanes of at least 4 members (excludes halogenated alkanes) is 8. The second-order valence-corrected chi connectivity index (χ2v) is 7.59. The number of aliphatic hydroxyl groups is 2. The van der Waals surface area contributed by atoms with Crippen LogP contribution in [0, 0.1) is 0 Å². The molecule has 2 N–H and O–H groups in total. The summed E-state index contributed by atoms with van der Waals surface area (Å²) in [5.74, 6) is 0. The first-order chi connectivity index (χ1) is 13.2. The van der Waals surface area contributed by atoms with E-state index in [2.05, 4.69) is 38.2 Å². The Labute approximate surface area is 168 Å². The van der Waals surface area contributed by atoms with Crippen molar-refractivity contribution in [3.63, 3.8) is 0 Å². The Balaban J connectivity index is 3.49. The highest BCUT2D eigenvalue weighted by Crippen LogP contribution is 2.12. The van der Waals surface area contributed by atoms with E-state index in [1.807, 2.05) is 0 Å². The lowest BCUT2D eigenvalue weighted by Crippen LogP contribution is -2.24. The third-order valence-electron chi connectivity index (χ3n) is 4.78. The fraction of sp³-hybridized carbons (Fsp3) is 0.833. The number of rotatable bonds is 20. The maximum absolute atomic E-state index is 9.39. The molecule has 0 heterocycles. The maximum atomic E-state index is 9.39. The number of ether oxygens (including phenoxy) is 1. The summed E-state index contributed by atoms with van der Waals surface area (Å²) in [6.07, 6.45) is 25.8. The first kappa shape index (κ1) is 26.4. The summed E-state index contributed by atoms with van der Waals surface area (Å²) in [5, 5.41) is 18.2. The lowest BCUT2D eigenvalue weighted by Gasteiger charge is -2.18. The van der Waals surface area contributed by atoms with Crippen LogP contribution in [0.15, 0.2) is 24.3 Å². The standard InChI is InChI=1S/C24H46O3/c1-3-5-6-7-8-9-10-11-12-13-14-15-16-17-18-20-24(19-4-2)27-22-23(26)21-25/h6-7,16-17,23-26H,3-5,8-15,18-22H2,1-2H3. The Morgan fingerprint density at radius 1 is 0.704 bits per heavy atom. The first-order valence-corrected chi connectivity index (χ1v) is 11.4. The van der Waals surface area contributed by atoms with Crippen LogP contribution in [0.2, 0.25) is 0 Å². The number of hydrogen-bond donors (Lipinski definition) is 2. The van der Waals surface area contributed by atoms with Gasteiger partial charge < -0.3 is 14.9 Å². The molecule has 0 aromatic carbocycles. The van der Waals surface area contributed by atoms with Crippen LogP contribution in [0.1, 0.15) is 104 Å². The Bertz CT molecular complexity index is 339. The predicted octanol–water partition coefficient (Wildman–Crippen LogP) is 6.34. The molecule has 3 nitrogen and oxygen atoms in total. The SMILES string of the molecule is CCCC=CCCCCCCCCC=CCCC(CCC)OCC(O)CO. The van der Waals surface area contributed by atoms with E-state index in [0.29, 0.717) is 0 Å². The third-order valence-corrected chi connectivity index (χ3v) is 4.78. The zero-order valence-electron chi connectivity index (χ0n) is 18.1. The zero-order valence-corrected chi connectivity index (χ0v) is 18.1. The molecule has 27 heavy (non-hydrogen) atoms. The molecule has 0 amide bonds. The van der Waals surface area contributed by atoms with Gasteiger partial charge in [-0.25, -0.2) is 0 Å². The molecule has 160 valence electrons. The van der Waals surface area contributed by atoms with Crippen molar-refractivity contribution in [2.75, 3.05) is 13.2 Å². The molecule has 2 atom stereocenters. The summed E-state index contributed by atoms with van der Waals surface area (Å²) in [5.41, 5.74) is 0. The lowest BCUT2D eigenvalue weighted by atomic mass is 10.1. The summed E-state index contributed by atoms with van der Waals surface area (Å²) in [6, 6.07) is 0. The van der Waals surface area contributed by atoms with E-state index in [-0.39, 0.29) is 19.3 Å². The van der Waals surface area contributed by atoms with Gasteiger partial charge >= 0.3 is 0 Å². The van der Waals surface area contributed by atoms with Gasteiger partial charge in [0.1, 0.15) is 6.10 Å². The highest BCUT2D eigenvalue weighted by Gasteiger charge is 2.10. The summed E-state index contributed by atoms with van der Waals surface area (Å²) in [4.78, 5) is 0. The van der Waals surface area contributed by atoms with Gasteiger partial charge in [-0.1, -0.05) is 76.7 Å². The molecule has 0 spiro atoms. The van der Waals surface area contributed by atoms with E-state index in [9.17, 15) is 5.11 Å². The Hall–Kier alpha value is -0.640. The van der Waals surface area contributed by atoms with Gasteiger partial charge in [-0.15, -0.1) is 0 Å². The molecule has 2 unspecified atom stereocenters. The van der Waals surface area contributed by atoms with E-state index >= 15 is 0 Å². The Kier molecular flexibility index (Phi) is 21.1. The fourth-order valence-electron chi connectivity index (χ4n) is 3.08. The van der Waals surface area contributed by atoms with Gasteiger partial charge in [0.2, 0.25) is 0 Å².